The van der Waals surface area contributed by atoms with Gasteiger partial charge in [-0.1, -0.05) is 32.9 Å². The Bertz CT molecular complexity index is 627. The first-order valence-electron chi connectivity index (χ1n) is 9.66. The van der Waals surface area contributed by atoms with E-state index >= 15 is 0 Å². The van der Waals surface area contributed by atoms with Crippen molar-refractivity contribution < 1.29 is 14.3 Å². The number of rotatable bonds is 5. The Morgan fingerprint density at radius 1 is 1.00 bits per heavy atom. The summed E-state index contributed by atoms with van der Waals surface area (Å²) < 4.78 is 5.76. The van der Waals surface area contributed by atoms with Crippen LogP contribution in [-0.4, -0.2) is 73.5 Å². The van der Waals surface area contributed by atoms with Gasteiger partial charge in [-0.05, 0) is 29.5 Å². The normalized spacial score (nSPS) is 14.9. The van der Waals surface area contributed by atoms with Gasteiger partial charge in [0.15, 0.2) is 0 Å². The third-order valence-electron chi connectivity index (χ3n) is 4.81. The zero-order valence-electron chi connectivity index (χ0n) is 17.3. The van der Waals surface area contributed by atoms with E-state index in [0.717, 1.165) is 5.75 Å². The largest absolute Gasteiger partial charge is 0.494 e. The maximum absolute atomic E-state index is 12.3. The minimum absolute atomic E-state index is 0.00739. The summed E-state index contributed by atoms with van der Waals surface area (Å²) in [7, 11) is 3.49. The molecule has 6 heteroatoms. The molecule has 0 bridgehead atoms. The van der Waals surface area contributed by atoms with Gasteiger partial charge < -0.3 is 19.4 Å². The van der Waals surface area contributed by atoms with E-state index in [-0.39, 0.29) is 17.4 Å². The predicted molar refractivity (Wildman–Crippen MR) is 107 cm³/mol. The number of hydrogen-bond acceptors (Lipinski definition) is 3. The first kappa shape index (κ1) is 21.1. The molecule has 0 aliphatic carbocycles. The van der Waals surface area contributed by atoms with Crippen molar-refractivity contribution in [3.05, 3.63) is 29.8 Å². The maximum Gasteiger partial charge on any atom is 0.319 e. The van der Waals surface area contributed by atoms with Gasteiger partial charge in [0.1, 0.15) is 5.75 Å². The lowest BCUT2D eigenvalue weighted by Gasteiger charge is -2.36. The van der Waals surface area contributed by atoms with Crippen molar-refractivity contribution in [2.45, 2.75) is 39.0 Å². The van der Waals surface area contributed by atoms with Gasteiger partial charge in [-0.15, -0.1) is 0 Å². The Balaban J connectivity index is 1.67. The fraction of sp³-hybridized carbons (Fsp3) is 0.619. The summed E-state index contributed by atoms with van der Waals surface area (Å²) in [4.78, 5) is 29.5. The predicted octanol–water partition coefficient (Wildman–Crippen LogP) is 2.97. The van der Waals surface area contributed by atoms with Crippen molar-refractivity contribution in [3.8, 4) is 5.75 Å². The molecule has 3 amide bonds. The Morgan fingerprint density at radius 3 is 2.07 bits per heavy atom. The average molecular weight is 376 g/mol. The van der Waals surface area contributed by atoms with Gasteiger partial charge in [0.2, 0.25) is 5.91 Å². The molecule has 1 saturated heterocycles. The molecule has 0 atom stereocenters. The lowest BCUT2D eigenvalue weighted by Crippen LogP contribution is -2.52. The molecule has 27 heavy (non-hydrogen) atoms. The van der Waals surface area contributed by atoms with Crippen molar-refractivity contribution in [1.82, 2.24) is 14.7 Å². The Kier molecular flexibility index (Phi) is 7.11. The SMILES string of the molecule is CN(C)C(=O)N1CCN(C(=O)CCCOc2ccc(C(C)(C)C)cc2)CC1. The van der Waals surface area contributed by atoms with Crippen LogP contribution in [0, 0.1) is 0 Å². The van der Waals surface area contributed by atoms with E-state index in [1.54, 1.807) is 23.9 Å². The zero-order valence-corrected chi connectivity index (χ0v) is 17.3. The number of nitrogens with zero attached hydrogens (tertiary/aromatic N) is 3. The highest BCUT2D eigenvalue weighted by Gasteiger charge is 2.24. The number of carbonyl (C=O) groups is 2. The summed E-state index contributed by atoms with van der Waals surface area (Å²) in [6.07, 6.45) is 1.17. The lowest BCUT2D eigenvalue weighted by atomic mass is 9.87. The molecule has 1 aromatic carbocycles. The standard InChI is InChI=1S/C21H33N3O3/c1-21(2,3)17-8-10-18(11-9-17)27-16-6-7-19(25)23-12-14-24(15-13-23)20(26)22(4)5/h8-11H,6-7,12-16H2,1-5H3. The molecular weight excluding hydrogens is 342 g/mol. The van der Waals surface area contributed by atoms with Crippen molar-refractivity contribution in [2.24, 2.45) is 0 Å². The molecule has 2 rings (SSSR count). The number of urea groups is 1. The van der Waals surface area contributed by atoms with Crippen molar-refractivity contribution in [3.63, 3.8) is 0 Å². The highest BCUT2D eigenvalue weighted by molar-refractivity contribution is 5.77. The van der Waals surface area contributed by atoms with E-state index in [0.29, 0.717) is 45.6 Å². The number of carbonyl (C=O) groups excluding carboxylic acids is 2. The number of benzene rings is 1. The molecule has 6 nitrogen and oxygen atoms in total. The summed E-state index contributed by atoms with van der Waals surface area (Å²) >= 11 is 0. The molecule has 0 radical (unpaired) electrons. The second-order valence-electron chi connectivity index (χ2n) is 8.27. The summed E-state index contributed by atoms with van der Waals surface area (Å²) in [5.41, 5.74) is 1.41. The van der Waals surface area contributed by atoms with Crippen LogP contribution in [0.4, 0.5) is 4.79 Å². The van der Waals surface area contributed by atoms with Crippen molar-refractivity contribution >= 4 is 11.9 Å². The number of amides is 3. The lowest BCUT2D eigenvalue weighted by molar-refractivity contribution is -0.132. The second kappa shape index (κ2) is 9.11. The van der Waals surface area contributed by atoms with E-state index < -0.39 is 0 Å². The molecule has 0 saturated carbocycles. The molecule has 0 aromatic heterocycles. The summed E-state index contributed by atoms with van der Waals surface area (Å²) in [6.45, 7) is 9.49. The van der Waals surface area contributed by atoms with Crippen LogP contribution in [0.25, 0.3) is 0 Å². The summed E-state index contributed by atoms with van der Waals surface area (Å²) in [5, 5.41) is 0. The Labute approximate surface area is 163 Å². The van der Waals surface area contributed by atoms with E-state index in [1.807, 2.05) is 17.0 Å². The number of piperazine rings is 1. The van der Waals surface area contributed by atoms with Crippen LogP contribution in [-0.2, 0) is 10.2 Å². The van der Waals surface area contributed by atoms with Crippen molar-refractivity contribution in [1.29, 1.82) is 0 Å². The van der Waals surface area contributed by atoms with E-state index in [1.165, 1.54) is 5.56 Å². The third kappa shape index (κ3) is 6.15. The minimum Gasteiger partial charge on any atom is -0.494 e. The van der Waals surface area contributed by atoms with Crippen LogP contribution in [0.5, 0.6) is 5.75 Å². The van der Waals surface area contributed by atoms with Crippen LogP contribution in [0.2, 0.25) is 0 Å². The molecule has 0 spiro atoms. The van der Waals surface area contributed by atoms with Gasteiger partial charge in [-0.25, -0.2) is 4.79 Å². The third-order valence-corrected chi connectivity index (χ3v) is 4.81. The van der Waals surface area contributed by atoms with Gasteiger partial charge >= 0.3 is 6.03 Å². The van der Waals surface area contributed by atoms with E-state index in [2.05, 4.69) is 32.9 Å². The van der Waals surface area contributed by atoms with Gasteiger partial charge in [0.05, 0.1) is 6.61 Å². The molecule has 0 N–H and O–H groups in total. The molecular formula is C21H33N3O3. The van der Waals surface area contributed by atoms with Gasteiger partial charge in [-0.2, -0.15) is 0 Å². The number of ether oxygens (including phenoxy) is 1. The fourth-order valence-corrected chi connectivity index (χ4v) is 3.05. The maximum atomic E-state index is 12.3. The number of hydrogen-bond donors (Lipinski definition) is 0. The van der Waals surface area contributed by atoms with Crippen molar-refractivity contribution in [2.75, 3.05) is 46.9 Å². The van der Waals surface area contributed by atoms with Crippen LogP contribution in [0.15, 0.2) is 24.3 Å². The molecule has 1 heterocycles. The molecule has 1 fully saturated rings. The molecule has 1 aliphatic rings. The fourth-order valence-electron chi connectivity index (χ4n) is 3.05. The average Bonchev–Trinajstić information content (AvgIpc) is 2.64. The smallest absolute Gasteiger partial charge is 0.319 e. The summed E-state index contributed by atoms with van der Waals surface area (Å²) in [5.74, 6) is 0.977. The Hall–Kier alpha value is -2.24. The molecule has 1 aliphatic heterocycles. The van der Waals surface area contributed by atoms with Gasteiger partial charge in [0, 0.05) is 46.7 Å². The Morgan fingerprint density at radius 2 is 1.56 bits per heavy atom. The van der Waals surface area contributed by atoms with Gasteiger partial charge in [-0.3, -0.25) is 4.79 Å². The quantitative estimate of drug-likeness (QED) is 0.744. The topological polar surface area (TPSA) is 53.1 Å². The highest BCUT2D eigenvalue weighted by atomic mass is 16.5. The zero-order chi connectivity index (χ0) is 20.0. The summed E-state index contributed by atoms with van der Waals surface area (Å²) in [6, 6.07) is 8.17. The molecule has 150 valence electrons. The second-order valence-corrected chi connectivity index (χ2v) is 8.27. The van der Waals surface area contributed by atoms with Crippen LogP contribution in [0.3, 0.4) is 0 Å². The first-order valence-corrected chi connectivity index (χ1v) is 9.66. The molecule has 0 unspecified atom stereocenters. The van der Waals surface area contributed by atoms with E-state index in [4.69, 9.17) is 4.74 Å². The van der Waals surface area contributed by atoms with Crippen LogP contribution < -0.4 is 4.74 Å². The molecule has 1 aromatic rings. The monoisotopic (exact) mass is 375 g/mol. The minimum atomic E-state index is 0.00739. The van der Waals surface area contributed by atoms with Crippen LogP contribution in [0.1, 0.15) is 39.2 Å². The van der Waals surface area contributed by atoms with Crippen LogP contribution >= 0.6 is 0 Å². The first-order chi connectivity index (χ1) is 12.7. The van der Waals surface area contributed by atoms with E-state index in [9.17, 15) is 9.59 Å². The highest BCUT2D eigenvalue weighted by Crippen LogP contribution is 2.24. The van der Waals surface area contributed by atoms with Gasteiger partial charge in [0.25, 0.3) is 0 Å².